The van der Waals surface area contributed by atoms with E-state index in [4.69, 9.17) is 0 Å². The van der Waals surface area contributed by atoms with Gasteiger partial charge in [-0.25, -0.2) is 0 Å². The van der Waals surface area contributed by atoms with Crippen LogP contribution >= 0.6 is 0 Å². The monoisotopic (exact) mass is 265 g/mol. The third-order valence-corrected chi connectivity index (χ3v) is 3.75. The summed E-state index contributed by atoms with van der Waals surface area (Å²) in [5, 5.41) is 16.4. The Morgan fingerprint density at radius 2 is 2.05 bits per heavy atom. The Bertz CT molecular complexity index is 790. The normalized spacial score (nSPS) is 14.4. The van der Waals surface area contributed by atoms with E-state index < -0.39 is 0 Å². The van der Waals surface area contributed by atoms with E-state index in [1.54, 1.807) is 0 Å². The Morgan fingerprint density at radius 3 is 3.00 bits per heavy atom. The number of hydrogen-bond acceptors (Lipinski definition) is 4. The summed E-state index contributed by atoms with van der Waals surface area (Å²) >= 11 is 0. The fourth-order valence-corrected chi connectivity index (χ4v) is 2.68. The standard InChI is InChI=1S/C15H15N5/c1-10-2-5-14-17-18-15(20(14)19-10)12-4-3-11-6-7-16-9-13(11)8-12/h2-5,8,16H,6-7,9H2,1H3. The van der Waals surface area contributed by atoms with Crippen molar-refractivity contribution in [3.63, 3.8) is 0 Å². The number of fused-ring (bicyclic) bond motifs is 2. The Labute approximate surface area is 116 Å². The summed E-state index contributed by atoms with van der Waals surface area (Å²) in [6.45, 7) is 3.95. The number of nitrogens with zero attached hydrogens (tertiary/aromatic N) is 4. The van der Waals surface area contributed by atoms with Crippen LogP contribution in [0, 0.1) is 6.92 Å². The zero-order valence-corrected chi connectivity index (χ0v) is 11.3. The lowest BCUT2D eigenvalue weighted by Gasteiger charge is -2.17. The van der Waals surface area contributed by atoms with Gasteiger partial charge in [0.05, 0.1) is 5.69 Å². The van der Waals surface area contributed by atoms with Crippen molar-refractivity contribution in [1.29, 1.82) is 0 Å². The summed E-state index contributed by atoms with van der Waals surface area (Å²) in [7, 11) is 0. The molecule has 3 heterocycles. The lowest BCUT2D eigenvalue weighted by molar-refractivity contribution is 0.644. The van der Waals surface area contributed by atoms with Crippen LogP contribution in [0.25, 0.3) is 17.0 Å². The van der Waals surface area contributed by atoms with E-state index in [0.29, 0.717) is 0 Å². The molecular formula is C15H15N5. The van der Waals surface area contributed by atoms with Crippen LogP contribution in [0.2, 0.25) is 0 Å². The van der Waals surface area contributed by atoms with Crippen LogP contribution in [0.4, 0.5) is 0 Å². The van der Waals surface area contributed by atoms with Gasteiger partial charge in [0, 0.05) is 12.1 Å². The van der Waals surface area contributed by atoms with Crippen LogP contribution in [-0.4, -0.2) is 26.4 Å². The third-order valence-electron chi connectivity index (χ3n) is 3.75. The molecule has 0 atom stereocenters. The number of hydrogen-bond donors (Lipinski definition) is 1. The second-order valence-corrected chi connectivity index (χ2v) is 5.18. The minimum absolute atomic E-state index is 0.779. The summed E-state index contributed by atoms with van der Waals surface area (Å²) in [6.07, 6.45) is 1.09. The molecule has 1 aliphatic rings. The highest BCUT2D eigenvalue weighted by atomic mass is 15.4. The van der Waals surface area contributed by atoms with E-state index in [-0.39, 0.29) is 0 Å². The van der Waals surface area contributed by atoms with Crippen LogP contribution in [0.5, 0.6) is 0 Å². The third kappa shape index (κ3) is 1.78. The maximum absolute atomic E-state index is 4.50. The molecule has 0 bridgehead atoms. The van der Waals surface area contributed by atoms with Crippen molar-refractivity contribution in [1.82, 2.24) is 25.1 Å². The van der Waals surface area contributed by atoms with E-state index in [1.807, 2.05) is 23.6 Å². The highest BCUT2D eigenvalue weighted by molar-refractivity contribution is 5.60. The van der Waals surface area contributed by atoms with Crippen LogP contribution in [0.3, 0.4) is 0 Å². The van der Waals surface area contributed by atoms with Crippen molar-refractivity contribution in [2.75, 3.05) is 6.54 Å². The number of aromatic nitrogens is 4. The molecule has 100 valence electrons. The fraction of sp³-hybridized carbons (Fsp3) is 0.267. The van der Waals surface area contributed by atoms with Crippen LogP contribution < -0.4 is 5.32 Å². The minimum atomic E-state index is 0.779. The van der Waals surface area contributed by atoms with E-state index in [0.717, 1.165) is 42.2 Å². The number of aryl methyl sites for hydroxylation is 1. The van der Waals surface area contributed by atoms with Gasteiger partial charge in [-0.3, -0.25) is 0 Å². The molecule has 1 aromatic carbocycles. The van der Waals surface area contributed by atoms with Gasteiger partial charge in [0.15, 0.2) is 11.5 Å². The second-order valence-electron chi connectivity index (χ2n) is 5.18. The first-order chi connectivity index (χ1) is 9.81. The largest absolute Gasteiger partial charge is 0.312 e. The molecule has 0 amide bonds. The van der Waals surface area contributed by atoms with Crippen LogP contribution in [0.15, 0.2) is 30.3 Å². The Balaban J connectivity index is 1.88. The quantitative estimate of drug-likeness (QED) is 0.728. The first-order valence-corrected chi connectivity index (χ1v) is 6.83. The van der Waals surface area contributed by atoms with Gasteiger partial charge in [-0.15, -0.1) is 10.2 Å². The van der Waals surface area contributed by atoms with Gasteiger partial charge in [0.2, 0.25) is 0 Å². The highest BCUT2D eigenvalue weighted by Gasteiger charge is 2.13. The topological polar surface area (TPSA) is 55.1 Å². The zero-order valence-electron chi connectivity index (χ0n) is 11.3. The number of benzene rings is 1. The van der Waals surface area contributed by atoms with Crippen molar-refractivity contribution >= 4 is 5.65 Å². The molecule has 0 saturated heterocycles. The van der Waals surface area contributed by atoms with E-state index in [2.05, 4.69) is 38.8 Å². The van der Waals surface area contributed by atoms with Gasteiger partial charge >= 0.3 is 0 Å². The summed E-state index contributed by atoms with van der Waals surface area (Å²) in [6, 6.07) is 10.4. The molecule has 20 heavy (non-hydrogen) atoms. The summed E-state index contributed by atoms with van der Waals surface area (Å²) in [5.41, 5.74) is 5.57. The van der Waals surface area contributed by atoms with Gasteiger partial charge in [-0.1, -0.05) is 12.1 Å². The molecule has 1 N–H and O–H groups in total. The van der Waals surface area contributed by atoms with E-state index >= 15 is 0 Å². The molecule has 4 rings (SSSR count). The smallest absolute Gasteiger partial charge is 0.185 e. The number of nitrogens with one attached hydrogen (secondary N) is 1. The van der Waals surface area contributed by atoms with Gasteiger partial charge in [0.25, 0.3) is 0 Å². The molecule has 2 aromatic heterocycles. The highest BCUT2D eigenvalue weighted by Crippen LogP contribution is 2.23. The molecule has 3 aromatic rings. The van der Waals surface area contributed by atoms with Gasteiger partial charge in [0.1, 0.15) is 0 Å². The second kappa shape index (κ2) is 4.38. The average Bonchev–Trinajstić information content (AvgIpc) is 2.89. The molecule has 5 nitrogen and oxygen atoms in total. The Hall–Kier alpha value is -2.27. The molecule has 0 unspecified atom stereocenters. The summed E-state index contributed by atoms with van der Waals surface area (Å²) in [5.74, 6) is 0.803. The first-order valence-electron chi connectivity index (χ1n) is 6.83. The molecule has 0 radical (unpaired) electrons. The predicted molar refractivity (Wildman–Crippen MR) is 76.4 cm³/mol. The molecule has 5 heteroatoms. The van der Waals surface area contributed by atoms with Crippen LogP contribution in [0.1, 0.15) is 16.8 Å². The molecule has 0 fully saturated rings. The maximum Gasteiger partial charge on any atom is 0.185 e. The molecule has 0 spiro atoms. The lowest BCUT2D eigenvalue weighted by Crippen LogP contribution is -2.23. The zero-order chi connectivity index (χ0) is 13.5. The van der Waals surface area contributed by atoms with Crippen molar-refractivity contribution < 1.29 is 0 Å². The molecule has 0 saturated carbocycles. The van der Waals surface area contributed by atoms with Crippen molar-refractivity contribution in [3.8, 4) is 11.4 Å². The van der Waals surface area contributed by atoms with Crippen molar-refractivity contribution in [2.45, 2.75) is 19.9 Å². The minimum Gasteiger partial charge on any atom is -0.312 e. The lowest BCUT2D eigenvalue weighted by atomic mass is 9.98. The summed E-state index contributed by atoms with van der Waals surface area (Å²) < 4.78 is 1.81. The van der Waals surface area contributed by atoms with Gasteiger partial charge in [-0.05, 0) is 49.2 Å². The average molecular weight is 265 g/mol. The Kier molecular flexibility index (Phi) is 2.53. The molecule has 0 aliphatic carbocycles. The van der Waals surface area contributed by atoms with Gasteiger partial charge < -0.3 is 5.32 Å². The predicted octanol–water partition coefficient (Wildman–Crippen LogP) is 1.75. The summed E-state index contributed by atoms with van der Waals surface area (Å²) in [4.78, 5) is 0. The maximum atomic E-state index is 4.50. The van der Waals surface area contributed by atoms with Crippen molar-refractivity contribution in [2.24, 2.45) is 0 Å². The van der Waals surface area contributed by atoms with Crippen molar-refractivity contribution in [3.05, 3.63) is 47.2 Å². The van der Waals surface area contributed by atoms with Crippen LogP contribution in [-0.2, 0) is 13.0 Å². The Morgan fingerprint density at radius 1 is 1.10 bits per heavy atom. The molecular weight excluding hydrogens is 250 g/mol. The fourth-order valence-electron chi connectivity index (χ4n) is 2.68. The van der Waals surface area contributed by atoms with Gasteiger partial charge in [-0.2, -0.15) is 9.61 Å². The van der Waals surface area contributed by atoms with E-state index in [9.17, 15) is 0 Å². The SMILES string of the molecule is Cc1ccc2nnc(-c3ccc4c(c3)CNCC4)n2n1. The van der Waals surface area contributed by atoms with E-state index in [1.165, 1.54) is 11.1 Å². The number of rotatable bonds is 1. The molecule has 1 aliphatic heterocycles. The first kappa shape index (κ1) is 11.5.